The Bertz CT molecular complexity index is 762. The molecule has 3 aromatic rings. The van der Waals surface area contributed by atoms with Crippen LogP contribution >= 0.6 is 0 Å². The van der Waals surface area contributed by atoms with E-state index in [1.165, 1.54) is 0 Å². The van der Waals surface area contributed by atoms with Gasteiger partial charge in [-0.25, -0.2) is 4.79 Å². The van der Waals surface area contributed by atoms with E-state index in [1.54, 1.807) is 6.92 Å². The summed E-state index contributed by atoms with van der Waals surface area (Å²) in [5.41, 5.74) is 1.17. The van der Waals surface area contributed by atoms with Gasteiger partial charge < -0.3 is 14.5 Å². The van der Waals surface area contributed by atoms with Crippen molar-refractivity contribution in [1.29, 1.82) is 0 Å². The number of rotatable bonds is 4. The van der Waals surface area contributed by atoms with Crippen LogP contribution < -0.4 is 4.74 Å². The molecule has 0 saturated heterocycles. The number of carbonyl (C=O) groups is 1. The average Bonchev–Trinajstić information content (AvgIpc) is 2.88. The number of aromatic amines is 1. The highest BCUT2D eigenvalue weighted by atomic mass is 16.5. The molecule has 2 aromatic carbocycles. The van der Waals surface area contributed by atoms with Gasteiger partial charge in [0, 0.05) is 10.9 Å². The van der Waals surface area contributed by atoms with Gasteiger partial charge in [-0.2, -0.15) is 0 Å². The number of hydrogen-bond donors (Lipinski definition) is 1. The maximum Gasteiger partial charge on any atom is 0.358 e. The molecule has 21 heavy (non-hydrogen) atoms. The quantitative estimate of drug-likeness (QED) is 0.731. The molecule has 0 fully saturated rings. The van der Waals surface area contributed by atoms with Crippen LogP contribution in [0.4, 0.5) is 0 Å². The molecule has 0 bridgehead atoms. The number of hydrogen-bond acceptors (Lipinski definition) is 3. The first-order valence-electron chi connectivity index (χ1n) is 6.80. The fraction of sp³-hybridized carbons (Fsp3) is 0.118. The van der Waals surface area contributed by atoms with Gasteiger partial charge in [-0.15, -0.1) is 0 Å². The number of H-pyrrole nitrogens is 1. The zero-order chi connectivity index (χ0) is 14.7. The molecule has 0 saturated carbocycles. The lowest BCUT2D eigenvalue weighted by Crippen LogP contribution is -2.06. The monoisotopic (exact) mass is 281 g/mol. The van der Waals surface area contributed by atoms with E-state index >= 15 is 0 Å². The molecular weight excluding hydrogens is 266 g/mol. The molecule has 0 aliphatic rings. The second-order valence-electron chi connectivity index (χ2n) is 4.51. The summed E-state index contributed by atoms with van der Waals surface area (Å²) in [6.45, 7) is 2.09. The predicted octanol–water partition coefficient (Wildman–Crippen LogP) is 4.14. The predicted molar refractivity (Wildman–Crippen MR) is 80.8 cm³/mol. The SMILES string of the molecule is CCOC(=O)c1[nH]c2ccccc2c1Oc1ccccc1. The van der Waals surface area contributed by atoms with E-state index in [0.29, 0.717) is 23.8 Å². The van der Waals surface area contributed by atoms with Crippen LogP contribution in [0.5, 0.6) is 11.5 Å². The number of fused-ring (bicyclic) bond motifs is 1. The highest BCUT2D eigenvalue weighted by Crippen LogP contribution is 2.34. The van der Waals surface area contributed by atoms with Gasteiger partial charge in [0.2, 0.25) is 0 Å². The Kier molecular flexibility index (Phi) is 3.60. The highest BCUT2D eigenvalue weighted by Gasteiger charge is 2.20. The van der Waals surface area contributed by atoms with Crippen LogP contribution in [0.15, 0.2) is 54.6 Å². The third kappa shape index (κ3) is 2.60. The van der Waals surface area contributed by atoms with Crippen LogP contribution in [0.3, 0.4) is 0 Å². The van der Waals surface area contributed by atoms with E-state index in [0.717, 1.165) is 10.9 Å². The molecule has 0 aliphatic carbocycles. The normalized spacial score (nSPS) is 10.5. The smallest absolute Gasteiger partial charge is 0.358 e. The van der Waals surface area contributed by atoms with Gasteiger partial charge in [-0.05, 0) is 31.2 Å². The first-order valence-corrected chi connectivity index (χ1v) is 6.80. The Balaban J connectivity index is 2.09. The van der Waals surface area contributed by atoms with Crippen molar-refractivity contribution < 1.29 is 14.3 Å². The van der Waals surface area contributed by atoms with Crippen LogP contribution in [-0.2, 0) is 4.74 Å². The molecule has 3 rings (SSSR count). The second kappa shape index (κ2) is 5.71. The largest absolute Gasteiger partial charge is 0.461 e. The minimum Gasteiger partial charge on any atom is -0.461 e. The van der Waals surface area contributed by atoms with Gasteiger partial charge in [0.05, 0.1) is 6.61 Å². The van der Waals surface area contributed by atoms with Crippen molar-refractivity contribution in [3.63, 3.8) is 0 Å². The Hall–Kier alpha value is -2.75. The molecule has 0 amide bonds. The van der Waals surface area contributed by atoms with Gasteiger partial charge in [-0.1, -0.05) is 30.3 Å². The van der Waals surface area contributed by atoms with Crippen LogP contribution in [-0.4, -0.2) is 17.6 Å². The molecule has 0 atom stereocenters. The van der Waals surface area contributed by atoms with Crippen molar-refractivity contribution in [2.45, 2.75) is 6.92 Å². The van der Waals surface area contributed by atoms with Gasteiger partial charge in [0.25, 0.3) is 0 Å². The fourth-order valence-corrected chi connectivity index (χ4v) is 2.18. The van der Waals surface area contributed by atoms with E-state index in [4.69, 9.17) is 9.47 Å². The summed E-state index contributed by atoms with van der Waals surface area (Å²) in [6.07, 6.45) is 0. The third-order valence-corrected chi connectivity index (χ3v) is 3.10. The van der Waals surface area contributed by atoms with Gasteiger partial charge >= 0.3 is 5.97 Å². The molecular formula is C17H15NO3. The number of esters is 1. The maximum absolute atomic E-state index is 12.1. The number of ether oxygens (including phenoxy) is 2. The Labute approximate surface area is 122 Å². The molecule has 0 aliphatic heterocycles. The van der Waals surface area contributed by atoms with E-state index in [2.05, 4.69) is 4.98 Å². The zero-order valence-electron chi connectivity index (χ0n) is 11.6. The minimum atomic E-state index is -0.417. The molecule has 1 N–H and O–H groups in total. The van der Waals surface area contributed by atoms with Gasteiger partial charge in [0.1, 0.15) is 5.75 Å². The zero-order valence-corrected chi connectivity index (χ0v) is 11.6. The lowest BCUT2D eigenvalue weighted by molar-refractivity contribution is 0.0518. The summed E-state index contributed by atoms with van der Waals surface area (Å²) in [5, 5.41) is 0.851. The second-order valence-corrected chi connectivity index (χ2v) is 4.51. The van der Waals surface area contributed by atoms with Crippen LogP contribution in [0.1, 0.15) is 17.4 Å². The van der Waals surface area contributed by atoms with Crippen molar-refractivity contribution in [3.05, 3.63) is 60.3 Å². The third-order valence-electron chi connectivity index (χ3n) is 3.10. The van der Waals surface area contributed by atoms with E-state index in [-0.39, 0.29) is 0 Å². The van der Waals surface area contributed by atoms with Crippen molar-refractivity contribution in [2.24, 2.45) is 0 Å². The molecule has 4 heteroatoms. The summed E-state index contributed by atoms with van der Waals surface area (Å²) in [5.74, 6) is 0.752. The van der Waals surface area contributed by atoms with Crippen molar-refractivity contribution >= 4 is 16.9 Å². The van der Waals surface area contributed by atoms with Crippen molar-refractivity contribution in [2.75, 3.05) is 6.61 Å². The summed E-state index contributed by atoms with van der Waals surface area (Å²) in [6, 6.07) is 17.0. The standard InChI is InChI=1S/C17H15NO3/c1-2-20-17(19)15-16(21-12-8-4-3-5-9-12)13-10-6-7-11-14(13)18-15/h3-11,18H,2H2,1H3. The van der Waals surface area contributed by atoms with E-state index in [9.17, 15) is 4.79 Å². The molecule has 1 heterocycles. The maximum atomic E-state index is 12.1. The molecule has 4 nitrogen and oxygen atoms in total. The van der Waals surface area contributed by atoms with Crippen LogP contribution in [0, 0.1) is 0 Å². The molecule has 0 unspecified atom stereocenters. The number of aromatic nitrogens is 1. The molecule has 106 valence electrons. The lowest BCUT2D eigenvalue weighted by atomic mass is 10.2. The molecule has 0 spiro atoms. The Morgan fingerprint density at radius 1 is 1.05 bits per heavy atom. The number of carbonyl (C=O) groups excluding carboxylic acids is 1. The number of benzene rings is 2. The van der Waals surface area contributed by atoms with Crippen molar-refractivity contribution in [1.82, 2.24) is 4.98 Å². The summed E-state index contributed by atoms with van der Waals surface area (Å²) in [7, 11) is 0. The van der Waals surface area contributed by atoms with E-state index in [1.807, 2.05) is 54.6 Å². The van der Waals surface area contributed by atoms with Gasteiger partial charge in [-0.3, -0.25) is 0 Å². The Morgan fingerprint density at radius 3 is 2.52 bits per heavy atom. The van der Waals surface area contributed by atoms with Gasteiger partial charge in [0.15, 0.2) is 11.4 Å². The average molecular weight is 281 g/mol. The summed E-state index contributed by atoms with van der Waals surface area (Å²) < 4.78 is 11.0. The first kappa shape index (κ1) is 13.2. The van der Waals surface area contributed by atoms with E-state index < -0.39 is 5.97 Å². The lowest BCUT2D eigenvalue weighted by Gasteiger charge is -2.07. The highest BCUT2D eigenvalue weighted by molar-refractivity contribution is 6.01. The number of para-hydroxylation sites is 2. The molecule has 0 radical (unpaired) electrons. The van der Waals surface area contributed by atoms with Crippen molar-refractivity contribution in [3.8, 4) is 11.5 Å². The first-order chi connectivity index (χ1) is 10.3. The molecule has 1 aromatic heterocycles. The number of nitrogens with one attached hydrogen (secondary N) is 1. The topological polar surface area (TPSA) is 51.3 Å². The Morgan fingerprint density at radius 2 is 1.76 bits per heavy atom. The van der Waals surface area contributed by atoms with Crippen LogP contribution in [0.25, 0.3) is 10.9 Å². The summed E-state index contributed by atoms with van der Waals surface area (Å²) >= 11 is 0. The summed E-state index contributed by atoms with van der Waals surface area (Å²) in [4.78, 5) is 15.2. The van der Waals surface area contributed by atoms with Crippen LogP contribution in [0.2, 0.25) is 0 Å². The fourth-order valence-electron chi connectivity index (χ4n) is 2.18. The minimum absolute atomic E-state index is 0.318.